The van der Waals surface area contributed by atoms with Crippen molar-refractivity contribution in [3.63, 3.8) is 0 Å². The second-order valence-electron chi connectivity index (χ2n) is 4.99. The minimum absolute atomic E-state index is 0.556. The van der Waals surface area contributed by atoms with Crippen LogP contribution >= 0.6 is 0 Å². The van der Waals surface area contributed by atoms with Gasteiger partial charge in [0.25, 0.3) is 0 Å². The summed E-state index contributed by atoms with van der Waals surface area (Å²) in [4.78, 5) is 4.69. The Morgan fingerprint density at radius 3 is 2.64 bits per heavy atom. The molecular weight excluding hydrogens is 172 g/mol. The van der Waals surface area contributed by atoms with Crippen LogP contribution in [0.2, 0.25) is 0 Å². The van der Waals surface area contributed by atoms with Gasteiger partial charge < -0.3 is 4.57 Å². The van der Waals surface area contributed by atoms with Gasteiger partial charge in [-0.05, 0) is 18.3 Å². The van der Waals surface area contributed by atoms with Gasteiger partial charge in [0.05, 0.1) is 5.69 Å². The zero-order valence-electron chi connectivity index (χ0n) is 9.62. The van der Waals surface area contributed by atoms with Crippen molar-refractivity contribution < 1.29 is 0 Å². The van der Waals surface area contributed by atoms with E-state index in [2.05, 4.69) is 43.4 Å². The van der Waals surface area contributed by atoms with Gasteiger partial charge in [-0.3, -0.25) is 0 Å². The molecule has 2 nitrogen and oxygen atoms in total. The van der Waals surface area contributed by atoms with Gasteiger partial charge in [0.2, 0.25) is 0 Å². The van der Waals surface area contributed by atoms with Crippen LogP contribution in [0.25, 0.3) is 0 Å². The zero-order chi connectivity index (χ0) is 10.3. The number of hydrogen-bond acceptors (Lipinski definition) is 1. The lowest BCUT2D eigenvalue weighted by Crippen LogP contribution is -2.09. The highest BCUT2D eigenvalue weighted by atomic mass is 15.1. The summed E-state index contributed by atoms with van der Waals surface area (Å²) in [5.74, 6) is 2.58. The zero-order valence-corrected chi connectivity index (χ0v) is 9.62. The number of aryl methyl sites for hydroxylation is 1. The number of nitrogens with zero attached hydrogens (tertiary/aromatic N) is 2. The SMILES string of the molecule is CC(C)c1cn2c(n1)CCC2C(C)C. The van der Waals surface area contributed by atoms with Gasteiger partial charge in [-0.2, -0.15) is 0 Å². The van der Waals surface area contributed by atoms with Crippen LogP contribution in [-0.2, 0) is 6.42 Å². The van der Waals surface area contributed by atoms with Crippen LogP contribution < -0.4 is 0 Å². The lowest BCUT2D eigenvalue weighted by Gasteiger charge is -2.16. The second kappa shape index (κ2) is 3.41. The lowest BCUT2D eigenvalue weighted by molar-refractivity contribution is 0.392. The van der Waals surface area contributed by atoms with Crippen molar-refractivity contribution in [1.82, 2.24) is 9.55 Å². The van der Waals surface area contributed by atoms with Crippen LogP contribution in [0, 0.1) is 5.92 Å². The molecule has 1 aliphatic rings. The van der Waals surface area contributed by atoms with Crippen molar-refractivity contribution in [3.8, 4) is 0 Å². The Labute approximate surface area is 86.3 Å². The molecule has 1 unspecified atom stereocenters. The Kier molecular flexibility index (Phi) is 2.38. The fourth-order valence-electron chi connectivity index (χ4n) is 2.27. The molecule has 1 aromatic rings. The number of aromatic nitrogens is 2. The highest BCUT2D eigenvalue weighted by Crippen LogP contribution is 2.32. The van der Waals surface area contributed by atoms with E-state index in [1.165, 1.54) is 17.9 Å². The van der Waals surface area contributed by atoms with Gasteiger partial charge in [-0.25, -0.2) is 4.98 Å². The van der Waals surface area contributed by atoms with Gasteiger partial charge in [0.15, 0.2) is 0 Å². The van der Waals surface area contributed by atoms with Gasteiger partial charge in [0, 0.05) is 18.7 Å². The minimum Gasteiger partial charge on any atom is -0.331 e. The van der Waals surface area contributed by atoms with E-state index in [-0.39, 0.29) is 0 Å². The van der Waals surface area contributed by atoms with Crippen LogP contribution in [-0.4, -0.2) is 9.55 Å². The molecule has 0 spiro atoms. The lowest BCUT2D eigenvalue weighted by atomic mass is 10.0. The van der Waals surface area contributed by atoms with E-state index < -0.39 is 0 Å². The molecule has 0 N–H and O–H groups in total. The number of imidazole rings is 1. The molecule has 1 aromatic heterocycles. The van der Waals surface area contributed by atoms with Gasteiger partial charge in [-0.15, -0.1) is 0 Å². The van der Waals surface area contributed by atoms with E-state index in [1.54, 1.807) is 0 Å². The van der Waals surface area contributed by atoms with Crippen molar-refractivity contribution in [2.45, 2.75) is 52.5 Å². The van der Waals surface area contributed by atoms with Crippen molar-refractivity contribution in [3.05, 3.63) is 17.7 Å². The Balaban J connectivity index is 2.30. The molecule has 0 amide bonds. The summed E-state index contributed by atoms with van der Waals surface area (Å²) in [6, 6.07) is 0.685. The Hall–Kier alpha value is -0.790. The quantitative estimate of drug-likeness (QED) is 0.704. The summed E-state index contributed by atoms with van der Waals surface area (Å²) in [7, 11) is 0. The minimum atomic E-state index is 0.556. The molecule has 2 heteroatoms. The van der Waals surface area contributed by atoms with Crippen molar-refractivity contribution in [2.24, 2.45) is 5.92 Å². The van der Waals surface area contributed by atoms with Crippen molar-refractivity contribution in [1.29, 1.82) is 0 Å². The fourth-order valence-corrected chi connectivity index (χ4v) is 2.27. The van der Waals surface area contributed by atoms with Gasteiger partial charge in [-0.1, -0.05) is 27.7 Å². The predicted octanol–water partition coefficient (Wildman–Crippen LogP) is 3.15. The van der Waals surface area contributed by atoms with Crippen molar-refractivity contribution >= 4 is 0 Å². The van der Waals surface area contributed by atoms with Crippen LogP contribution in [0.1, 0.15) is 57.6 Å². The number of hydrogen-bond donors (Lipinski definition) is 0. The second-order valence-corrected chi connectivity index (χ2v) is 4.99. The van der Waals surface area contributed by atoms with Gasteiger partial charge in [0.1, 0.15) is 5.82 Å². The molecule has 1 aliphatic heterocycles. The topological polar surface area (TPSA) is 17.8 Å². The third-order valence-electron chi connectivity index (χ3n) is 3.21. The molecule has 0 radical (unpaired) electrons. The molecule has 0 bridgehead atoms. The highest BCUT2D eigenvalue weighted by Gasteiger charge is 2.26. The summed E-state index contributed by atoms with van der Waals surface area (Å²) >= 11 is 0. The first-order valence-corrected chi connectivity index (χ1v) is 5.67. The molecule has 78 valence electrons. The van der Waals surface area contributed by atoms with E-state index in [9.17, 15) is 0 Å². The molecular formula is C12H20N2. The Bertz CT molecular complexity index is 323. The Morgan fingerprint density at radius 1 is 1.36 bits per heavy atom. The summed E-state index contributed by atoms with van der Waals surface area (Å²) in [6.45, 7) is 9.02. The maximum Gasteiger partial charge on any atom is 0.109 e. The summed E-state index contributed by atoms with van der Waals surface area (Å²) in [5, 5.41) is 0. The first-order chi connectivity index (χ1) is 6.59. The average Bonchev–Trinajstić information content (AvgIpc) is 2.58. The molecule has 0 fully saturated rings. The monoisotopic (exact) mass is 192 g/mol. The van der Waals surface area contributed by atoms with E-state index in [1.807, 2.05) is 0 Å². The highest BCUT2D eigenvalue weighted by molar-refractivity contribution is 5.13. The van der Waals surface area contributed by atoms with E-state index in [0.29, 0.717) is 12.0 Å². The van der Waals surface area contributed by atoms with E-state index in [4.69, 9.17) is 0 Å². The van der Waals surface area contributed by atoms with Crippen LogP contribution in [0.3, 0.4) is 0 Å². The molecule has 2 heterocycles. The molecule has 14 heavy (non-hydrogen) atoms. The summed E-state index contributed by atoms with van der Waals surface area (Å²) < 4.78 is 2.40. The largest absolute Gasteiger partial charge is 0.331 e. The molecule has 2 rings (SSSR count). The van der Waals surface area contributed by atoms with Gasteiger partial charge >= 0.3 is 0 Å². The molecule has 1 atom stereocenters. The summed E-state index contributed by atoms with van der Waals surface area (Å²) in [5.41, 5.74) is 1.25. The molecule has 0 aliphatic carbocycles. The standard InChI is InChI=1S/C12H20N2/c1-8(2)10-7-14-11(9(3)4)5-6-12(14)13-10/h7-9,11H,5-6H2,1-4H3. The van der Waals surface area contributed by atoms with Crippen LogP contribution in [0.4, 0.5) is 0 Å². The fraction of sp³-hybridized carbons (Fsp3) is 0.750. The third kappa shape index (κ3) is 1.47. The van der Waals surface area contributed by atoms with Crippen LogP contribution in [0.15, 0.2) is 6.20 Å². The molecule has 0 saturated heterocycles. The van der Waals surface area contributed by atoms with E-state index >= 15 is 0 Å². The third-order valence-corrected chi connectivity index (χ3v) is 3.21. The van der Waals surface area contributed by atoms with Crippen molar-refractivity contribution in [2.75, 3.05) is 0 Å². The Morgan fingerprint density at radius 2 is 2.07 bits per heavy atom. The first kappa shape index (κ1) is 9.75. The number of fused-ring (bicyclic) bond motifs is 1. The smallest absolute Gasteiger partial charge is 0.109 e. The van der Waals surface area contributed by atoms with E-state index in [0.717, 1.165) is 12.3 Å². The molecule has 0 aromatic carbocycles. The van der Waals surface area contributed by atoms with Crippen LogP contribution in [0.5, 0.6) is 0 Å². The predicted molar refractivity (Wildman–Crippen MR) is 58.5 cm³/mol. The maximum atomic E-state index is 4.69. The maximum absolute atomic E-state index is 4.69. The average molecular weight is 192 g/mol. The summed E-state index contributed by atoms with van der Waals surface area (Å²) in [6.07, 6.45) is 4.70. The number of rotatable bonds is 2. The first-order valence-electron chi connectivity index (χ1n) is 5.67. The normalized spacial score (nSPS) is 20.9. The molecule has 0 saturated carbocycles.